The van der Waals surface area contributed by atoms with E-state index in [-0.39, 0.29) is 0 Å². The Morgan fingerprint density at radius 3 is 2.69 bits per heavy atom. The van der Waals surface area contributed by atoms with Gasteiger partial charge in [-0.1, -0.05) is 6.92 Å². The molecule has 2 N–H and O–H groups in total. The van der Waals surface area contributed by atoms with Crippen molar-refractivity contribution in [2.24, 2.45) is 5.73 Å². The molecule has 1 aromatic heterocycles. The number of likely N-dealkylation sites (N-methyl/N-ethyl adjacent to an activating group) is 1. The summed E-state index contributed by atoms with van der Waals surface area (Å²) in [5.41, 5.74) is 5.53. The van der Waals surface area contributed by atoms with Gasteiger partial charge in [0.1, 0.15) is 0 Å². The first-order valence-electron chi connectivity index (χ1n) is 4.74. The second kappa shape index (κ2) is 5.37. The number of rotatable bonds is 5. The molecule has 1 heterocycles. The van der Waals surface area contributed by atoms with Crippen molar-refractivity contribution in [2.75, 3.05) is 19.6 Å². The summed E-state index contributed by atoms with van der Waals surface area (Å²) >= 11 is 1.87. The fourth-order valence-corrected chi connectivity index (χ4v) is 2.25. The first-order chi connectivity index (χ1) is 6.26. The molecule has 3 heteroatoms. The summed E-state index contributed by atoms with van der Waals surface area (Å²) in [5, 5.41) is 0. The van der Waals surface area contributed by atoms with Crippen LogP contribution in [0.4, 0.5) is 0 Å². The van der Waals surface area contributed by atoms with Crippen molar-refractivity contribution in [1.82, 2.24) is 4.90 Å². The third-order valence-corrected chi connectivity index (χ3v) is 3.05. The fraction of sp³-hybridized carbons (Fsp3) is 0.600. The van der Waals surface area contributed by atoms with E-state index in [2.05, 4.69) is 30.9 Å². The molecule has 0 saturated heterocycles. The van der Waals surface area contributed by atoms with E-state index < -0.39 is 0 Å². The third-order valence-electron chi connectivity index (χ3n) is 2.07. The molecule has 0 radical (unpaired) electrons. The summed E-state index contributed by atoms with van der Waals surface area (Å²) < 4.78 is 0. The van der Waals surface area contributed by atoms with Crippen molar-refractivity contribution < 1.29 is 0 Å². The molecule has 0 aromatic carbocycles. The fourth-order valence-electron chi connectivity index (χ4n) is 1.32. The Morgan fingerprint density at radius 2 is 2.23 bits per heavy atom. The minimum atomic E-state index is 0.748. The Bertz CT molecular complexity index is 245. The molecular weight excluding hydrogens is 180 g/mol. The molecule has 0 fully saturated rings. The van der Waals surface area contributed by atoms with E-state index in [9.17, 15) is 0 Å². The lowest BCUT2D eigenvalue weighted by atomic mass is 10.4. The van der Waals surface area contributed by atoms with Crippen molar-refractivity contribution in [3.05, 3.63) is 21.9 Å². The molecule has 1 aromatic rings. The highest BCUT2D eigenvalue weighted by molar-refractivity contribution is 7.11. The highest BCUT2D eigenvalue weighted by atomic mass is 32.1. The molecule has 2 nitrogen and oxygen atoms in total. The zero-order valence-electron chi connectivity index (χ0n) is 8.42. The van der Waals surface area contributed by atoms with Gasteiger partial charge in [0.25, 0.3) is 0 Å². The molecule has 0 aliphatic rings. The Labute approximate surface area is 84.4 Å². The largest absolute Gasteiger partial charge is 0.329 e. The summed E-state index contributed by atoms with van der Waals surface area (Å²) in [4.78, 5) is 5.19. The molecule has 0 amide bonds. The first kappa shape index (κ1) is 10.7. The minimum Gasteiger partial charge on any atom is -0.329 e. The maximum atomic E-state index is 5.53. The van der Waals surface area contributed by atoms with Crippen LogP contribution in [0.3, 0.4) is 0 Å². The van der Waals surface area contributed by atoms with E-state index in [1.165, 1.54) is 9.75 Å². The zero-order valence-corrected chi connectivity index (χ0v) is 9.23. The van der Waals surface area contributed by atoms with E-state index in [1.807, 2.05) is 11.3 Å². The van der Waals surface area contributed by atoms with Crippen LogP contribution in [0.15, 0.2) is 12.1 Å². The summed E-state index contributed by atoms with van der Waals surface area (Å²) in [6.45, 7) is 8.19. The number of aryl methyl sites for hydroxylation is 1. The van der Waals surface area contributed by atoms with Crippen LogP contribution in [0.2, 0.25) is 0 Å². The highest BCUT2D eigenvalue weighted by Gasteiger charge is 2.03. The van der Waals surface area contributed by atoms with Crippen LogP contribution in [-0.2, 0) is 6.54 Å². The van der Waals surface area contributed by atoms with Gasteiger partial charge in [-0.3, -0.25) is 4.90 Å². The van der Waals surface area contributed by atoms with Crippen molar-refractivity contribution >= 4 is 11.3 Å². The smallest absolute Gasteiger partial charge is 0.0328 e. The van der Waals surface area contributed by atoms with E-state index in [0.717, 1.165) is 26.2 Å². The van der Waals surface area contributed by atoms with Crippen molar-refractivity contribution in [2.45, 2.75) is 20.4 Å². The third kappa shape index (κ3) is 3.46. The highest BCUT2D eigenvalue weighted by Crippen LogP contribution is 2.16. The molecule has 0 unspecified atom stereocenters. The quantitative estimate of drug-likeness (QED) is 0.782. The van der Waals surface area contributed by atoms with E-state index in [1.54, 1.807) is 0 Å². The number of nitrogens with two attached hydrogens (primary N) is 1. The van der Waals surface area contributed by atoms with Gasteiger partial charge in [-0.25, -0.2) is 0 Å². The molecule has 13 heavy (non-hydrogen) atoms. The van der Waals surface area contributed by atoms with Crippen molar-refractivity contribution in [3.8, 4) is 0 Å². The summed E-state index contributed by atoms with van der Waals surface area (Å²) in [6.07, 6.45) is 0. The van der Waals surface area contributed by atoms with E-state index in [4.69, 9.17) is 5.73 Å². The number of nitrogens with zero attached hydrogens (tertiary/aromatic N) is 1. The second-order valence-electron chi connectivity index (χ2n) is 3.17. The monoisotopic (exact) mass is 198 g/mol. The Morgan fingerprint density at radius 1 is 1.46 bits per heavy atom. The number of thiophene rings is 1. The van der Waals surface area contributed by atoms with Crippen LogP contribution >= 0.6 is 11.3 Å². The average Bonchev–Trinajstić information content (AvgIpc) is 2.50. The van der Waals surface area contributed by atoms with Crippen molar-refractivity contribution in [3.63, 3.8) is 0 Å². The number of hydrogen-bond acceptors (Lipinski definition) is 3. The zero-order chi connectivity index (χ0) is 9.68. The molecule has 0 aliphatic heterocycles. The second-order valence-corrected chi connectivity index (χ2v) is 4.54. The molecule has 74 valence electrons. The van der Waals surface area contributed by atoms with Crippen molar-refractivity contribution in [1.29, 1.82) is 0 Å². The molecule has 0 spiro atoms. The Kier molecular flexibility index (Phi) is 4.42. The average molecular weight is 198 g/mol. The Hall–Kier alpha value is -0.380. The summed E-state index contributed by atoms with van der Waals surface area (Å²) in [5.74, 6) is 0. The predicted molar refractivity (Wildman–Crippen MR) is 59.1 cm³/mol. The van der Waals surface area contributed by atoms with Gasteiger partial charge in [0.2, 0.25) is 0 Å². The van der Waals surface area contributed by atoms with Gasteiger partial charge in [0.15, 0.2) is 0 Å². The van der Waals surface area contributed by atoms with E-state index in [0.29, 0.717) is 0 Å². The number of hydrogen-bond donors (Lipinski definition) is 1. The first-order valence-corrected chi connectivity index (χ1v) is 5.55. The summed E-state index contributed by atoms with van der Waals surface area (Å²) in [6, 6.07) is 4.38. The van der Waals surface area contributed by atoms with Gasteiger partial charge >= 0.3 is 0 Å². The molecule has 0 atom stereocenters. The molecule has 0 bridgehead atoms. The van der Waals surface area contributed by atoms with Crippen LogP contribution in [0, 0.1) is 6.92 Å². The normalized spacial score (nSPS) is 11.1. The lowest BCUT2D eigenvalue weighted by Crippen LogP contribution is -2.28. The SMILES string of the molecule is CCN(CCN)Cc1ccc(C)s1. The van der Waals surface area contributed by atoms with Gasteiger partial charge in [-0.2, -0.15) is 0 Å². The Balaban J connectivity index is 2.46. The van der Waals surface area contributed by atoms with Gasteiger partial charge < -0.3 is 5.73 Å². The van der Waals surface area contributed by atoms with Gasteiger partial charge in [-0.15, -0.1) is 11.3 Å². The van der Waals surface area contributed by atoms with Gasteiger partial charge in [0.05, 0.1) is 0 Å². The maximum Gasteiger partial charge on any atom is 0.0328 e. The topological polar surface area (TPSA) is 29.3 Å². The van der Waals surface area contributed by atoms with Crippen LogP contribution in [0.1, 0.15) is 16.7 Å². The van der Waals surface area contributed by atoms with Gasteiger partial charge in [0, 0.05) is 29.4 Å². The van der Waals surface area contributed by atoms with Gasteiger partial charge in [-0.05, 0) is 25.6 Å². The maximum absolute atomic E-state index is 5.53. The lowest BCUT2D eigenvalue weighted by molar-refractivity contribution is 0.291. The molecule has 0 saturated carbocycles. The summed E-state index contributed by atoms with van der Waals surface area (Å²) in [7, 11) is 0. The molecule has 1 rings (SSSR count). The standard InChI is InChI=1S/C10H18N2S/c1-3-12(7-6-11)8-10-5-4-9(2)13-10/h4-5H,3,6-8,11H2,1-2H3. The van der Waals surface area contributed by atoms with E-state index >= 15 is 0 Å². The van der Waals surface area contributed by atoms with Crippen LogP contribution in [-0.4, -0.2) is 24.5 Å². The van der Waals surface area contributed by atoms with Crippen LogP contribution < -0.4 is 5.73 Å². The molecule has 0 aliphatic carbocycles. The van der Waals surface area contributed by atoms with Crippen LogP contribution in [0.5, 0.6) is 0 Å². The molecular formula is C10H18N2S. The van der Waals surface area contributed by atoms with Crippen LogP contribution in [0.25, 0.3) is 0 Å². The lowest BCUT2D eigenvalue weighted by Gasteiger charge is -2.17. The predicted octanol–water partition coefficient (Wildman–Crippen LogP) is 1.84. The minimum absolute atomic E-state index is 0.748.